The molecule has 0 aliphatic carbocycles. The summed E-state index contributed by atoms with van der Waals surface area (Å²) in [5.41, 5.74) is 1.28. The number of carboxylic acid groups (broad SMARTS) is 1. The van der Waals surface area contributed by atoms with E-state index >= 15 is 0 Å². The van der Waals surface area contributed by atoms with Crippen molar-refractivity contribution in [2.45, 2.75) is 38.4 Å². The lowest BCUT2D eigenvalue weighted by molar-refractivity contribution is -0.142. The van der Waals surface area contributed by atoms with Crippen molar-refractivity contribution in [3.05, 3.63) is 83.3 Å². The van der Waals surface area contributed by atoms with Crippen LogP contribution in [0.25, 0.3) is 10.9 Å². The topological polar surface area (TPSA) is 108 Å². The Bertz CT molecular complexity index is 1730. The fourth-order valence-electron chi connectivity index (χ4n) is 5.44. The van der Waals surface area contributed by atoms with Gasteiger partial charge in [-0.3, -0.25) is 19.1 Å². The molecule has 9 nitrogen and oxygen atoms in total. The maximum Gasteiger partial charge on any atom is 0.408 e. The van der Waals surface area contributed by atoms with Crippen LogP contribution in [0.3, 0.4) is 0 Å². The molecule has 3 aromatic carbocycles. The molecule has 0 radical (unpaired) electrons. The van der Waals surface area contributed by atoms with Crippen LogP contribution in [0, 0.1) is 5.82 Å². The van der Waals surface area contributed by atoms with Gasteiger partial charge in [-0.2, -0.15) is 18.3 Å². The highest BCUT2D eigenvalue weighted by Gasteiger charge is 2.31. The van der Waals surface area contributed by atoms with Crippen LogP contribution in [0.2, 0.25) is 0 Å². The summed E-state index contributed by atoms with van der Waals surface area (Å²) in [5.74, 6) is -3.14. The molecule has 44 heavy (non-hydrogen) atoms. The number of hydrogen-bond donors (Lipinski definition) is 2. The molecule has 1 fully saturated rings. The van der Waals surface area contributed by atoms with Gasteiger partial charge in [-0.15, -0.1) is 0 Å². The number of para-hydroxylation sites is 1. The van der Waals surface area contributed by atoms with Gasteiger partial charge in [-0.1, -0.05) is 18.2 Å². The van der Waals surface area contributed by atoms with Crippen molar-refractivity contribution in [2.75, 3.05) is 35.3 Å². The summed E-state index contributed by atoms with van der Waals surface area (Å²) in [6.45, 7) is 0.0318. The number of anilines is 3. The first-order valence-electron chi connectivity index (χ1n) is 13.9. The molecule has 0 atom stereocenters. The monoisotopic (exact) mass is 611 g/mol. The van der Waals surface area contributed by atoms with Gasteiger partial charge in [0.1, 0.15) is 12.4 Å². The normalized spacial score (nSPS) is 13.6. The van der Waals surface area contributed by atoms with E-state index in [1.807, 2.05) is 0 Å². The predicted molar refractivity (Wildman–Crippen MR) is 157 cm³/mol. The van der Waals surface area contributed by atoms with Gasteiger partial charge in [0, 0.05) is 36.8 Å². The van der Waals surface area contributed by atoms with Gasteiger partial charge < -0.3 is 20.2 Å². The molecule has 230 valence electrons. The molecule has 5 rings (SSSR count). The molecule has 2 N–H and O–H groups in total. The molecule has 1 saturated heterocycles. The number of aliphatic carboxylic acids is 1. The Morgan fingerprint density at radius 3 is 2.43 bits per heavy atom. The highest BCUT2D eigenvalue weighted by Crippen LogP contribution is 2.32. The number of nitrogens with zero attached hydrogens (tertiary/aromatic N) is 4. The third-order valence-electron chi connectivity index (χ3n) is 7.44. The summed E-state index contributed by atoms with van der Waals surface area (Å²) in [5, 5.41) is 16.3. The summed E-state index contributed by atoms with van der Waals surface area (Å²) >= 11 is 0. The van der Waals surface area contributed by atoms with E-state index < -0.39 is 42.7 Å². The molecular weight excluding hydrogens is 582 g/mol. The third kappa shape index (κ3) is 6.66. The summed E-state index contributed by atoms with van der Waals surface area (Å²) in [6, 6.07) is 14.3. The largest absolute Gasteiger partial charge is 0.481 e. The quantitative estimate of drug-likeness (QED) is 0.241. The maximum atomic E-state index is 13.9. The van der Waals surface area contributed by atoms with Gasteiger partial charge in [0.25, 0.3) is 11.8 Å². The average Bonchev–Trinajstić information content (AvgIpc) is 3.33. The van der Waals surface area contributed by atoms with E-state index in [1.165, 1.54) is 36.2 Å². The van der Waals surface area contributed by atoms with Crippen LogP contribution >= 0.6 is 0 Å². The first kappa shape index (κ1) is 30.5. The SMILES string of the molecule is CN(C(=O)c1ccc(N2CCCCC2)c(NC(=O)c2nn(CC(F)(F)F)c3ccccc23)c1)c1ccc(F)cc1CC(=O)O. The van der Waals surface area contributed by atoms with E-state index in [9.17, 15) is 37.1 Å². The van der Waals surface area contributed by atoms with Crippen LogP contribution in [-0.2, 0) is 17.8 Å². The number of benzene rings is 3. The molecule has 2 amide bonds. The van der Waals surface area contributed by atoms with Crippen molar-refractivity contribution >= 4 is 45.7 Å². The summed E-state index contributed by atoms with van der Waals surface area (Å²) in [7, 11) is 1.43. The highest BCUT2D eigenvalue weighted by molar-refractivity contribution is 6.13. The van der Waals surface area contributed by atoms with Crippen LogP contribution < -0.4 is 15.1 Å². The lowest BCUT2D eigenvalue weighted by atomic mass is 10.1. The third-order valence-corrected chi connectivity index (χ3v) is 7.44. The number of carbonyl (C=O) groups is 3. The van der Waals surface area contributed by atoms with Gasteiger partial charge in [0.15, 0.2) is 5.69 Å². The Hall–Kier alpha value is -4.94. The Morgan fingerprint density at radius 1 is 1.00 bits per heavy atom. The predicted octanol–water partition coefficient (Wildman–Crippen LogP) is 5.88. The van der Waals surface area contributed by atoms with Gasteiger partial charge in [0.2, 0.25) is 0 Å². The number of aromatic nitrogens is 2. The number of fused-ring (bicyclic) bond motifs is 1. The molecule has 1 aliphatic heterocycles. The summed E-state index contributed by atoms with van der Waals surface area (Å²) in [6.07, 6.45) is -2.19. The van der Waals surface area contributed by atoms with Crippen LogP contribution in [0.4, 0.5) is 34.6 Å². The number of rotatable bonds is 8. The summed E-state index contributed by atoms with van der Waals surface area (Å²) in [4.78, 5) is 41.8. The van der Waals surface area contributed by atoms with E-state index in [2.05, 4.69) is 15.3 Å². The average molecular weight is 612 g/mol. The molecule has 4 aromatic rings. The first-order valence-corrected chi connectivity index (χ1v) is 13.9. The minimum Gasteiger partial charge on any atom is -0.481 e. The van der Waals surface area contributed by atoms with E-state index in [0.29, 0.717) is 18.8 Å². The first-order chi connectivity index (χ1) is 20.9. The zero-order valence-corrected chi connectivity index (χ0v) is 23.7. The highest BCUT2D eigenvalue weighted by atomic mass is 19.4. The minimum absolute atomic E-state index is 0.105. The van der Waals surface area contributed by atoms with Crippen LogP contribution in [-0.4, -0.2) is 59.0 Å². The Kier molecular flexibility index (Phi) is 8.56. The number of nitrogens with one attached hydrogen (secondary N) is 1. The molecule has 13 heteroatoms. The summed E-state index contributed by atoms with van der Waals surface area (Å²) < 4.78 is 54.4. The number of amides is 2. The van der Waals surface area contributed by atoms with Crippen molar-refractivity contribution in [1.82, 2.24) is 9.78 Å². The van der Waals surface area contributed by atoms with Crippen molar-refractivity contribution in [3.8, 4) is 0 Å². The van der Waals surface area contributed by atoms with Gasteiger partial charge in [-0.05, 0) is 67.3 Å². The Balaban J connectivity index is 1.51. The number of halogens is 4. The number of carboxylic acids is 1. The minimum atomic E-state index is -4.56. The second kappa shape index (κ2) is 12.3. The van der Waals surface area contributed by atoms with Crippen molar-refractivity contribution in [3.63, 3.8) is 0 Å². The second-order valence-corrected chi connectivity index (χ2v) is 10.6. The van der Waals surface area contributed by atoms with E-state index in [1.54, 1.807) is 24.3 Å². The Morgan fingerprint density at radius 2 is 1.73 bits per heavy atom. The molecule has 0 spiro atoms. The van der Waals surface area contributed by atoms with Crippen molar-refractivity contribution in [1.29, 1.82) is 0 Å². The van der Waals surface area contributed by atoms with E-state index in [-0.39, 0.29) is 39.1 Å². The molecule has 2 heterocycles. The Labute approximate surface area is 249 Å². The lowest BCUT2D eigenvalue weighted by Gasteiger charge is -2.31. The van der Waals surface area contributed by atoms with Crippen molar-refractivity contribution in [2.24, 2.45) is 0 Å². The number of piperidine rings is 1. The zero-order chi connectivity index (χ0) is 31.6. The fourth-order valence-corrected chi connectivity index (χ4v) is 5.44. The second-order valence-electron chi connectivity index (χ2n) is 10.6. The standard InChI is InChI=1S/C31H29F4N5O4/c1-38(24-12-10-21(32)15-20(24)17-27(41)42)30(44)19-9-11-26(39-13-5-2-6-14-39)23(16-19)36-29(43)28-22-7-3-4-8-25(22)40(37-28)18-31(33,34)35/h3-4,7-12,15-16H,2,5-6,13-14,17-18H2,1H3,(H,36,43)(H,41,42). The van der Waals surface area contributed by atoms with Gasteiger partial charge >= 0.3 is 12.1 Å². The van der Waals surface area contributed by atoms with Crippen LogP contribution in [0.1, 0.15) is 45.7 Å². The maximum absolute atomic E-state index is 13.9. The molecular formula is C31H29F4N5O4. The zero-order valence-electron chi connectivity index (χ0n) is 23.7. The number of carbonyl (C=O) groups excluding carboxylic acids is 2. The fraction of sp³-hybridized carbons (Fsp3) is 0.290. The molecule has 0 bridgehead atoms. The lowest BCUT2D eigenvalue weighted by Crippen LogP contribution is -2.31. The van der Waals surface area contributed by atoms with Gasteiger partial charge in [0.05, 0.1) is 23.3 Å². The molecule has 0 saturated carbocycles. The van der Waals surface area contributed by atoms with Crippen LogP contribution in [0.15, 0.2) is 60.7 Å². The number of alkyl halides is 3. The molecule has 0 unspecified atom stereocenters. The van der Waals surface area contributed by atoms with E-state index in [0.717, 1.165) is 36.1 Å². The van der Waals surface area contributed by atoms with Crippen LogP contribution in [0.5, 0.6) is 0 Å². The molecule has 1 aliphatic rings. The number of hydrogen-bond acceptors (Lipinski definition) is 5. The molecule has 1 aromatic heterocycles. The van der Waals surface area contributed by atoms with Crippen molar-refractivity contribution < 1.29 is 37.1 Å². The van der Waals surface area contributed by atoms with E-state index in [4.69, 9.17) is 0 Å². The smallest absolute Gasteiger partial charge is 0.408 e. The van der Waals surface area contributed by atoms with Gasteiger partial charge in [-0.25, -0.2) is 4.39 Å².